The van der Waals surface area contributed by atoms with E-state index in [0.717, 1.165) is 5.39 Å². The summed E-state index contributed by atoms with van der Waals surface area (Å²) in [6.45, 7) is 0. The molecule has 0 saturated heterocycles. The Kier molecular flexibility index (Phi) is 4.34. The molecular weight excluding hydrogens is 311 g/mol. The van der Waals surface area contributed by atoms with Gasteiger partial charge in [0.25, 0.3) is 0 Å². The fourth-order valence-corrected chi connectivity index (χ4v) is 1.88. The molecule has 2 aromatic rings. The maximum absolute atomic E-state index is 10.5. The van der Waals surface area contributed by atoms with Gasteiger partial charge in [-0.1, -0.05) is 53.0 Å². The highest BCUT2D eigenvalue weighted by Crippen LogP contribution is 2.33. The van der Waals surface area contributed by atoms with Crippen LogP contribution < -0.4 is 10.1 Å². The summed E-state index contributed by atoms with van der Waals surface area (Å²) in [4.78, 5) is 14.7. The third-order valence-corrected chi connectivity index (χ3v) is 2.95. The van der Waals surface area contributed by atoms with Crippen molar-refractivity contribution in [3.8, 4) is 5.75 Å². The van der Waals surface area contributed by atoms with Crippen LogP contribution in [0.15, 0.2) is 36.5 Å². The summed E-state index contributed by atoms with van der Waals surface area (Å²) in [6.07, 6.45) is 0.931. The number of carbonyl (C=O) groups is 1. The number of para-hydroxylation sites is 1. The number of amides is 1. The lowest BCUT2D eigenvalue weighted by atomic mass is 10.2. The zero-order valence-electron chi connectivity index (χ0n) is 9.52. The van der Waals surface area contributed by atoms with Crippen LogP contribution in [0, 0.1) is 0 Å². The number of nitrogens with one attached hydrogen (secondary N) is 1. The third kappa shape index (κ3) is 3.41. The molecule has 2 rings (SSSR count). The van der Waals surface area contributed by atoms with Crippen LogP contribution in [0.1, 0.15) is 0 Å². The van der Waals surface area contributed by atoms with Gasteiger partial charge in [-0.25, -0.2) is 0 Å². The van der Waals surface area contributed by atoms with Crippen molar-refractivity contribution >= 4 is 52.1 Å². The van der Waals surface area contributed by atoms with Crippen LogP contribution in [0.5, 0.6) is 5.75 Å². The van der Waals surface area contributed by atoms with Gasteiger partial charge < -0.3 is 10.1 Å². The summed E-state index contributed by atoms with van der Waals surface area (Å²) >= 11 is 17.2. The molecule has 1 aromatic carbocycles. The minimum atomic E-state index is -1.79. The highest BCUT2D eigenvalue weighted by Gasteiger charge is 2.34. The van der Waals surface area contributed by atoms with Crippen molar-refractivity contribution in [3.05, 3.63) is 36.5 Å². The van der Waals surface area contributed by atoms with E-state index >= 15 is 0 Å². The number of fused-ring (bicyclic) bond motifs is 1. The molecule has 1 heterocycles. The average Bonchev–Trinajstić information content (AvgIpc) is 2.37. The molecular formula is C12H9Cl3N2O2. The quantitative estimate of drug-likeness (QED) is 0.535. The number of nitrogens with zero attached hydrogens (tertiary/aromatic N) is 1. The zero-order chi connectivity index (χ0) is 13.9. The van der Waals surface area contributed by atoms with Crippen LogP contribution in [0.3, 0.4) is 0 Å². The summed E-state index contributed by atoms with van der Waals surface area (Å²) in [7, 11) is 0. The SMILES string of the molecule is O=CNC(Oc1cccc2cccnc12)C(Cl)(Cl)Cl. The lowest BCUT2D eigenvalue weighted by Crippen LogP contribution is -2.44. The van der Waals surface area contributed by atoms with Crippen LogP contribution in [0.4, 0.5) is 0 Å². The van der Waals surface area contributed by atoms with Gasteiger partial charge in [-0.05, 0) is 12.1 Å². The third-order valence-electron chi connectivity index (χ3n) is 2.36. The van der Waals surface area contributed by atoms with E-state index in [4.69, 9.17) is 39.5 Å². The summed E-state index contributed by atoms with van der Waals surface area (Å²) in [5.41, 5.74) is 0.622. The maximum atomic E-state index is 10.5. The monoisotopic (exact) mass is 318 g/mol. The molecule has 1 amide bonds. The molecule has 0 aliphatic rings. The van der Waals surface area contributed by atoms with E-state index < -0.39 is 10.0 Å². The molecule has 0 fully saturated rings. The van der Waals surface area contributed by atoms with Gasteiger partial charge in [-0.2, -0.15) is 0 Å². The number of ether oxygens (including phenoxy) is 1. The molecule has 1 N–H and O–H groups in total. The molecule has 1 aromatic heterocycles. The number of benzene rings is 1. The van der Waals surface area contributed by atoms with Crippen LogP contribution in [-0.4, -0.2) is 21.4 Å². The molecule has 0 aliphatic heterocycles. The van der Waals surface area contributed by atoms with Gasteiger partial charge in [0.15, 0.2) is 0 Å². The molecule has 7 heteroatoms. The Hall–Kier alpha value is -1.23. The van der Waals surface area contributed by atoms with E-state index in [1.54, 1.807) is 18.3 Å². The number of hydrogen-bond donors (Lipinski definition) is 1. The van der Waals surface area contributed by atoms with Gasteiger partial charge in [0.2, 0.25) is 16.4 Å². The van der Waals surface area contributed by atoms with Crippen LogP contribution in [-0.2, 0) is 4.79 Å². The Morgan fingerprint density at radius 1 is 1.26 bits per heavy atom. The molecule has 1 atom stereocenters. The summed E-state index contributed by atoms with van der Waals surface area (Å²) < 4.78 is 3.74. The minimum Gasteiger partial charge on any atom is -0.464 e. The largest absolute Gasteiger partial charge is 0.464 e. The fraction of sp³-hybridized carbons (Fsp3) is 0.167. The Bertz CT molecular complexity index is 581. The standard InChI is InChI=1S/C12H9Cl3N2O2/c13-12(14,15)11(17-7-18)19-9-5-1-3-8-4-2-6-16-10(8)9/h1-7,11H,(H,17,18). The Labute approximate surface area is 124 Å². The second-order valence-electron chi connectivity index (χ2n) is 3.66. The predicted octanol–water partition coefficient (Wildman–Crippen LogP) is 3.06. The van der Waals surface area contributed by atoms with Gasteiger partial charge in [-0.15, -0.1) is 0 Å². The molecule has 4 nitrogen and oxygen atoms in total. The van der Waals surface area contributed by atoms with E-state index in [2.05, 4.69) is 10.3 Å². The van der Waals surface area contributed by atoms with Gasteiger partial charge in [-0.3, -0.25) is 9.78 Å². The first kappa shape index (κ1) is 14.2. The molecule has 1 unspecified atom stereocenters. The van der Waals surface area contributed by atoms with Gasteiger partial charge in [0, 0.05) is 11.6 Å². The van der Waals surface area contributed by atoms with Crippen LogP contribution >= 0.6 is 34.8 Å². The molecule has 19 heavy (non-hydrogen) atoms. The number of halogens is 3. The van der Waals surface area contributed by atoms with Crippen molar-refractivity contribution in [2.45, 2.75) is 10.0 Å². The van der Waals surface area contributed by atoms with Crippen molar-refractivity contribution in [2.75, 3.05) is 0 Å². The van der Waals surface area contributed by atoms with Gasteiger partial charge >= 0.3 is 0 Å². The number of aromatic nitrogens is 1. The lowest BCUT2D eigenvalue weighted by molar-refractivity contribution is -0.111. The topological polar surface area (TPSA) is 51.2 Å². The Balaban J connectivity index is 2.36. The van der Waals surface area contributed by atoms with Gasteiger partial charge in [0.05, 0.1) is 0 Å². The first-order valence-corrected chi connectivity index (χ1v) is 6.42. The molecule has 0 bridgehead atoms. The number of hydrogen-bond acceptors (Lipinski definition) is 3. The molecule has 100 valence electrons. The van der Waals surface area contributed by atoms with E-state index in [0.29, 0.717) is 17.7 Å². The molecule has 0 aliphatic carbocycles. The fourth-order valence-electron chi connectivity index (χ4n) is 1.56. The van der Waals surface area contributed by atoms with Crippen molar-refractivity contribution in [1.29, 1.82) is 0 Å². The second-order valence-corrected chi connectivity index (χ2v) is 6.02. The number of alkyl halides is 3. The van der Waals surface area contributed by atoms with E-state index in [-0.39, 0.29) is 0 Å². The summed E-state index contributed by atoms with van der Waals surface area (Å²) in [5, 5.41) is 3.19. The smallest absolute Gasteiger partial charge is 0.246 e. The highest BCUT2D eigenvalue weighted by atomic mass is 35.6. The van der Waals surface area contributed by atoms with Crippen molar-refractivity contribution in [2.24, 2.45) is 0 Å². The number of pyridine rings is 1. The zero-order valence-corrected chi connectivity index (χ0v) is 11.8. The number of carbonyl (C=O) groups excluding carboxylic acids is 1. The highest BCUT2D eigenvalue weighted by molar-refractivity contribution is 6.68. The van der Waals surface area contributed by atoms with Crippen molar-refractivity contribution < 1.29 is 9.53 Å². The van der Waals surface area contributed by atoms with E-state index in [1.807, 2.05) is 18.2 Å². The first-order valence-electron chi connectivity index (χ1n) is 5.29. The first-order chi connectivity index (χ1) is 9.02. The number of rotatable bonds is 4. The van der Waals surface area contributed by atoms with Crippen molar-refractivity contribution in [3.63, 3.8) is 0 Å². The molecule has 0 radical (unpaired) electrons. The molecule has 0 saturated carbocycles. The normalized spacial score (nSPS) is 13.0. The van der Waals surface area contributed by atoms with E-state index in [9.17, 15) is 4.79 Å². The average molecular weight is 320 g/mol. The maximum Gasteiger partial charge on any atom is 0.246 e. The van der Waals surface area contributed by atoms with Crippen LogP contribution in [0.2, 0.25) is 0 Å². The second kappa shape index (κ2) is 5.82. The predicted molar refractivity (Wildman–Crippen MR) is 75.6 cm³/mol. The molecule has 0 spiro atoms. The van der Waals surface area contributed by atoms with Crippen molar-refractivity contribution in [1.82, 2.24) is 10.3 Å². The van der Waals surface area contributed by atoms with Crippen LogP contribution in [0.25, 0.3) is 10.9 Å². The van der Waals surface area contributed by atoms with Gasteiger partial charge in [0.1, 0.15) is 11.3 Å². The summed E-state index contributed by atoms with van der Waals surface area (Å²) in [6, 6.07) is 9.04. The lowest BCUT2D eigenvalue weighted by Gasteiger charge is -2.24. The summed E-state index contributed by atoms with van der Waals surface area (Å²) in [5.74, 6) is 0.420. The Morgan fingerprint density at radius 3 is 2.68 bits per heavy atom. The Morgan fingerprint density at radius 2 is 2.00 bits per heavy atom. The van der Waals surface area contributed by atoms with E-state index in [1.165, 1.54) is 0 Å². The minimum absolute atomic E-state index is 0.408.